The van der Waals surface area contributed by atoms with E-state index in [1.165, 1.54) is 0 Å². The third-order valence-corrected chi connectivity index (χ3v) is 1.42. The Morgan fingerprint density at radius 2 is 2.00 bits per heavy atom. The molecule has 0 aromatic heterocycles. The molecule has 0 radical (unpaired) electrons. The molecule has 0 aromatic carbocycles. The lowest BCUT2D eigenvalue weighted by atomic mass is 10.2. The average molecular weight is 166 g/mol. The number of thiol groups is 1. The molecule has 0 aliphatic rings. The van der Waals surface area contributed by atoms with Crippen LogP contribution >= 0.6 is 0 Å². The standard InChI is InChI=1S/C6H14O3S/c1-6(2)5-9-3-4-10(7)8/h6,10H,3-5H2,1-2H3. The Hall–Kier alpha value is -0.0900. The topological polar surface area (TPSA) is 43.4 Å². The molecule has 3 nitrogen and oxygen atoms in total. The first-order chi connectivity index (χ1) is 4.63. The first kappa shape index (κ1) is 9.91. The van der Waals surface area contributed by atoms with E-state index in [0.717, 1.165) is 0 Å². The predicted molar refractivity (Wildman–Crippen MR) is 40.8 cm³/mol. The Labute approximate surface area is 63.3 Å². The zero-order chi connectivity index (χ0) is 7.98. The molecule has 0 rings (SSSR count). The molecule has 0 saturated heterocycles. The van der Waals surface area contributed by atoms with Gasteiger partial charge in [0.1, 0.15) is 10.7 Å². The van der Waals surface area contributed by atoms with Crippen LogP contribution in [0.15, 0.2) is 0 Å². The zero-order valence-electron chi connectivity index (χ0n) is 6.37. The molecule has 0 unspecified atom stereocenters. The molecule has 4 heteroatoms. The van der Waals surface area contributed by atoms with E-state index in [-0.39, 0.29) is 5.75 Å². The number of hydrogen-bond acceptors (Lipinski definition) is 3. The second kappa shape index (κ2) is 5.68. The van der Waals surface area contributed by atoms with Gasteiger partial charge < -0.3 is 4.74 Å². The summed E-state index contributed by atoms with van der Waals surface area (Å²) in [5.74, 6) is 0.617. The second-order valence-electron chi connectivity index (χ2n) is 2.53. The van der Waals surface area contributed by atoms with E-state index >= 15 is 0 Å². The second-order valence-corrected chi connectivity index (χ2v) is 3.64. The van der Waals surface area contributed by atoms with Gasteiger partial charge in [-0.3, -0.25) is 0 Å². The van der Waals surface area contributed by atoms with E-state index < -0.39 is 10.7 Å². The summed E-state index contributed by atoms with van der Waals surface area (Å²) >= 11 is 0. The van der Waals surface area contributed by atoms with Crippen LogP contribution in [0.5, 0.6) is 0 Å². The molecular formula is C6H14O3S. The van der Waals surface area contributed by atoms with Crippen LogP contribution in [0.25, 0.3) is 0 Å². The zero-order valence-corrected chi connectivity index (χ0v) is 7.27. The van der Waals surface area contributed by atoms with Crippen molar-refractivity contribution in [1.29, 1.82) is 0 Å². The highest BCUT2D eigenvalue weighted by Crippen LogP contribution is 1.91. The van der Waals surface area contributed by atoms with Crippen molar-refractivity contribution in [1.82, 2.24) is 0 Å². The summed E-state index contributed by atoms with van der Waals surface area (Å²) in [5.41, 5.74) is 0. The fraction of sp³-hybridized carbons (Fsp3) is 1.00. The summed E-state index contributed by atoms with van der Waals surface area (Å²) in [4.78, 5) is 0. The minimum absolute atomic E-state index is 0.141. The smallest absolute Gasteiger partial charge is 0.142 e. The Morgan fingerprint density at radius 1 is 1.40 bits per heavy atom. The summed E-state index contributed by atoms with van der Waals surface area (Å²) in [6, 6.07) is 0. The van der Waals surface area contributed by atoms with Crippen LogP contribution in [0.3, 0.4) is 0 Å². The third-order valence-electron chi connectivity index (χ3n) is 0.869. The fourth-order valence-electron chi connectivity index (χ4n) is 0.458. The Kier molecular flexibility index (Phi) is 5.63. The summed E-state index contributed by atoms with van der Waals surface area (Å²) in [7, 11) is -2.26. The van der Waals surface area contributed by atoms with Gasteiger partial charge in [0.05, 0.1) is 12.4 Å². The van der Waals surface area contributed by atoms with E-state index in [9.17, 15) is 8.42 Å². The molecule has 0 heterocycles. The Morgan fingerprint density at radius 3 is 2.40 bits per heavy atom. The van der Waals surface area contributed by atoms with Crippen LogP contribution in [0.1, 0.15) is 13.8 Å². The predicted octanol–water partition coefficient (Wildman–Crippen LogP) is 0.270. The van der Waals surface area contributed by atoms with Crippen molar-refractivity contribution >= 4 is 10.7 Å². The molecule has 0 aromatic rings. The van der Waals surface area contributed by atoms with Gasteiger partial charge in [-0.15, -0.1) is 0 Å². The van der Waals surface area contributed by atoms with Crippen LogP contribution in [-0.4, -0.2) is 27.4 Å². The molecule has 0 saturated carbocycles. The molecule has 0 amide bonds. The first-order valence-electron chi connectivity index (χ1n) is 3.32. The maximum Gasteiger partial charge on any atom is 0.142 e. The average Bonchev–Trinajstić information content (AvgIpc) is 1.79. The summed E-state index contributed by atoms with van der Waals surface area (Å²) < 4.78 is 25.0. The van der Waals surface area contributed by atoms with Crippen LogP contribution < -0.4 is 0 Å². The number of ether oxygens (including phenoxy) is 1. The van der Waals surface area contributed by atoms with Gasteiger partial charge in [0, 0.05) is 6.61 Å². The molecule has 0 N–H and O–H groups in total. The SMILES string of the molecule is CC(C)COCC[SH](=O)=O. The van der Waals surface area contributed by atoms with Gasteiger partial charge in [-0.25, -0.2) is 8.42 Å². The van der Waals surface area contributed by atoms with Gasteiger partial charge in [-0.1, -0.05) is 13.8 Å². The maximum absolute atomic E-state index is 10.0. The van der Waals surface area contributed by atoms with Gasteiger partial charge in [0.15, 0.2) is 0 Å². The van der Waals surface area contributed by atoms with Crippen LogP contribution in [0, 0.1) is 5.92 Å². The summed E-state index contributed by atoms with van der Waals surface area (Å²) in [6.45, 7) is 5.02. The maximum atomic E-state index is 10.0. The molecule has 0 spiro atoms. The minimum atomic E-state index is -2.26. The highest BCUT2D eigenvalue weighted by molar-refractivity contribution is 7.72. The van der Waals surface area contributed by atoms with E-state index in [2.05, 4.69) is 0 Å². The highest BCUT2D eigenvalue weighted by Gasteiger charge is 1.93. The monoisotopic (exact) mass is 166 g/mol. The quantitative estimate of drug-likeness (QED) is 0.471. The van der Waals surface area contributed by atoms with Crippen molar-refractivity contribution in [3.8, 4) is 0 Å². The Bertz CT molecular complexity index is 132. The van der Waals surface area contributed by atoms with Gasteiger partial charge >= 0.3 is 0 Å². The van der Waals surface area contributed by atoms with Crippen LogP contribution in [0.2, 0.25) is 0 Å². The van der Waals surface area contributed by atoms with Gasteiger partial charge in [-0.05, 0) is 5.92 Å². The lowest BCUT2D eigenvalue weighted by molar-refractivity contribution is 0.123. The molecule has 0 atom stereocenters. The van der Waals surface area contributed by atoms with Gasteiger partial charge in [0.2, 0.25) is 0 Å². The normalized spacial score (nSPS) is 11.2. The molecule has 10 heavy (non-hydrogen) atoms. The molecule has 0 aliphatic heterocycles. The molecule has 0 bridgehead atoms. The molecule has 62 valence electrons. The van der Waals surface area contributed by atoms with E-state index in [0.29, 0.717) is 19.1 Å². The summed E-state index contributed by atoms with van der Waals surface area (Å²) in [6.07, 6.45) is 0. The highest BCUT2D eigenvalue weighted by atomic mass is 32.2. The van der Waals surface area contributed by atoms with Crippen molar-refractivity contribution < 1.29 is 13.2 Å². The lowest BCUT2D eigenvalue weighted by Crippen LogP contribution is -2.06. The van der Waals surface area contributed by atoms with Crippen molar-refractivity contribution in [2.24, 2.45) is 5.92 Å². The molecular weight excluding hydrogens is 152 g/mol. The third kappa shape index (κ3) is 7.91. The minimum Gasteiger partial charge on any atom is -0.380 e. The number of rotatable bonds is 5. The van der Waals surface area contributed by atoms with Crippen molar-refractivity contribution in [2.45, 2.75) is 13.8 Å². The van der Waals surface area contributed by atoms with Crippen LogP contribution in [0.4, 0.5) is 0 Å². The molecule has 0 fully saturated rings. The van der Waals surface area contributed by atoms with Crippen molar-refractivity contribution in [2.75, 3.05) is 19.0 Å². The van der Waals surface area contributed by atoms with E-state index in [1.807, 2.05) is 13.8 Å². The number of hydrogen-bond donors (Lipinski definition) is 1. The van der Waals surface area contributed by atoms with Gasteiger partial charge in [0.25, 0.3) is 0 Å². The molecule has 0 aliphatic carbocycles. The Balaban J connectivity index is 3.06. The van der Waals surface area contributed by atoms with Crippen molar-refractivity contribution in [3.05, 3.63) is 0 Å². The largest absolute Gasteiger partial charge is 0.380 e. The van der Waals surface area contributed by atoms with Crippen molar-refractivity contribution in [3.63, 3.8) is 0 Å². The fourth-order valence-corrected chi connectivity index (χ4v) is 0.736. The lowest BCUT2D eigenvalue weighted by Gasteiger charge is -2.03. The first-order valence-corrected chi connectivity index (χ1v) is 4.68. The summed E-state index contributed by atoms with van der Waals surface area (Å²) in [5, 5.41) is 0. The van der Waals surface area contributed by atoms with E-state index in [4.69, 9.17) is 4.74 Å². The van der Waals surface area contributed by atoms with Crippen LogP contribution in [-0.2, 0) is 15.4 Å². The van der Waals surface area contributed by atoms with E-state index in [1.54, 1.807) is 0 Å². The van der Waals surface area contributed by atoms with Gasteiger partial charge in [-0.2, -0.15) is 0 Å².